The van der Waals surface area contributed by atoms with Gasteiger partial charge in [0.15, 0.2) is 5.65 Å². The Kier molecular flexibility index (Phi) is 4.30. The van der Waals surface area contributed by atoms with Gasteiger partial charge in [-0.2, -0.15) is 0 Å². The largest absolute Gasteiger partial charge is 0.374 e. The van der Waals surface area contributed by atoms with E-state index in [1.54, 1.807) is 24.5 Å². The fourth-order valence-electron chi connectivity index (χ4n) is 1.38. The molecule has 2 rings (SSSR count). The first-order chi connectivity index (χ1) is 8.75. The number of halogens is 2. The van der Waals surface area contributed by atoms with Gasteiger partial charge in [-0.25, -0.2) is 18.7 Å². The molecule has 0 bridgehead atoms. The van der Waals surface area contributed by atoms with Gasteiger partial charge in [-0.15, -0.1) is 0 Å². The third-order valence-electron chi connectivity index (χ3n) is 2.13. The van der Waals surface area contributed by atoms with Gasteiger partial charge in [0.2, 0.25) is 0 Å². The number of anilines is 1. The number of fused-ring (bicyclic) bond motifs is 1. The molecule has 0 spiro atoms. The number of hydrogen-bond acceptors (Lipinski definition) is 5. The lowest BCUT2D eigenvalue weighted by molar-refractivity contribution is 0.0215. The van der Waals surface area contributed by atoms with E-state index in [1.807, 2.05) is 0 Å². The maximum Gasteiger partial charge on any atom is 0.261 e. The van der Waals surface area contributed by atoms with Gasteiger partial charge in [0.1, 0.15) is 17.9 Å². The summed E-state index contributed by atoms with van der Waals surface area (Å²) >= 11 is 0. The molecular formula is C11H12F2N4O. The highest BCUT2D eigenvalue weighted by atomic mass is 19.3. The summed E-state index contributed by atoms with van der Waals surface area (Å²) in [6, 6.07) is 3.54. The molecule has 0 aliphatic carbocycles. The van der Waals surface area contributed by atoms with E-state index in [4.69, 9.17) is 4.74 Å². The summed E-state index contributed by atoms with van der Waals surface area (Å²) in [4.78, 5) is 12.4. The molecular weight excluding hydrogens is 242 g/mol. The van der Waals surface area contributed by atoms with Crippen LogP contribution in [0, 0.1) is 0 Å². The fourth-order valence-corrected chi connectivity index (χ4v) is 1.38. The van der Waals surface area contributed by atoms with Crippen LogP contribution in [0.15, 0.2) is 24.5 Å². The lowest BCUT2D eigenvalue weighted by Crippen LogP contribution is -2.13. The van der Waals surface area contributed by atoms with Crippen LogP contribution in [-0.2, 0) is 4.74 Å². The second-order valence-electron chi connectivity index (χ2n) is 3.49. The van der Waals surface area contributed by atoms with Gasteiger partial charge >= 0.3 is 0 Å². The minimum atomic E-state index is -2.43. The molecule has 5 nitrogen and oxygen atoms in total. The predicted octanol–water partition coefficient (Wildman–Crippen LogP) is 1.72. The van der Waals surface area contributed by atoms with Crippen molar-refractivity contribution in [2.24, 2.45) is 0 Å². The first-order valence-corrected chi connectivity index (χ1v) is 5.43. The number of ether oxygens (including phenoxy) is 1. The van der Waals surface area contributed by atoms with Gasteiger partial charge in [-0.05, 0) is 12.1 Å². The summed E-state index contributed by atoms with van der Waals surface area (Å²) < 4.78 is 28.3. The molecule has 0 radical (unpaired) electrons. The summed E-state index contributed by atoms with van der Waals surface area (Å²) in [6.07, 6.45) is 0.722. The van der Waals surface area contributed by atoms with Crippen LogP contribution >= 0.6 is 0 Å². The van der Waals surface area contributed by atoms with Crippen LogP contribution in [0.5, 0.6) is 0 Å². The van der Waals surface area contributed by atoms with Gasteiger partial charge in [-0.1, -0.05) is 0 Å². The molecule has 0 amide bonds. The zero-order valence-electron chi connectivity index (χ0n) is 9.51. The van der Waals surface area contributed by atoms with Crippen LogP contribution in [0.4, 0.5) is 14.6 Å². The maximum absolute atomic E-state index is 11.8. The number of hydrogen-bond donors (Lipinski definition) is 1. The smallest absolute Gasteiger partial charge is 0.261 e. The summed E-state index contributed by atoms with van der Waals surface area (Å²) in [5.41, 5.74) is 1.24. The monoisotopic (exact) mass is 254 g/mol. The SMILES string of the molecule is FC(F)COCCNc1ccc2nccnc2n1. The third kappa shape index (κ3) is 3.56. The van der Waals surface area contributed by atoms with E-state index in [-0.39, 0.29) is 6.61 Å². The van der Waals surface area contributed by atoms with Gasteiger partial charge in [0.05, 0.1) is 6.61 Å². The maximum atomic E-state index is 11.8. The second kappa shape index (κ2) is 6.15. The van der Waals surface area contributed by atoms with Crippen LogP contribution in [0.3, 0.4) is 0 Å². The lowest BCUT2D eigenvalue weighted by Gasteiger charge is -2.06. The normalized spacial score (nSPS) is 11.1. The average Bonchev–Trinajstić information content (AvgIpc) is 2.38. The molecule has 2 aromatic rings. The molecule has 0 unspecified atom stereocenters. The number of nitrogens with one attached hydrogen (secondary N) is 1. The van der Waals surface area contributed by atoms with Crippen LogP contribution < -0.4 is 5.32 Å². The zero-order valence-corrected chi connectivity index (χ0v) is 9.51. The zero-order chi connectivity index (χ0) is 12.8. The van der Waals surface area contributed by atoms with E-state index in [0.717, 1.165) is 0 Å². The van der Waals surface area contributed by atoms with Crippen molar-refractivity contribution in [1.29, 1.82) is 0 Å². The second-order valence-corrected chi connectivity index (χ2v) is 3.49. The van der Waals surface area contributed by atoms with Gasteiger partial charge in [0, 0.05) is 18.9 Å². The molecule has 0 saturated carbocycles. The third-order valence-corrected chi connectivity index (χ3v) is 2.13. The number of pyridine rings is 1. The van der Waals surface area contributed by atoms with E-state index in [2.05, 4.69) is 20.3 Å². The quantitative estimate of drug-likeness (QED) is 0.795. The summed E-state index contributed by atoms with van der Waals surface area (Å²) in [7, 11) is 0. The minimum Gasteiger partial charge on any atom is -0.374 e. The van der Waals surface area contributed by atoms with Crippen LogP contribution in [0.1, 0.15) is 0 Å². The number of alkyl halides is 2. The Morgan fingerprint density at radius 1 is 1.22 bits per heavy atom. The summed E-state index contributed by atoms with van der Waals surface area (Å²) in [6.45, 7) is 0.0638. The molecule has 2 heterocycles. The van der Waals surface area contributed by atoms with Crippen molar-refractivity contribution in [1.82, 2.24) is 15.0 Å². The minimum absolute atomic E-state index is 0.199. The van der Waals surface area contributed by atoms with E-state index < -0.39 is 13.0 Å². The lowest BCUT2D eigenvalue weighted by atomic mass is 10.4. The van der Waals surface area contributed by atoms with Crippen LogP contribution in [0.25, 0.3) is 11.2 Å². The van der Waals surface area contributed by atoms with Gasteiger partial charge in [0.25, 0.3) is 6.43 Å². The van der Waals surface area contributed by atoms with Crippen molar-refractivity contribution in [3.05, 3.63) is 24.5 Å². The molecule has 0 saturated heterocycles. The van der Waals surface area contributed by atoms with Gasteiger partial charge in [-0.3, -0.25) is 4.98 Å². The molecule has 0 fully saturated rings. The average molecular weight is 254 g/mol. The Bertz CT molecular complexity index is 509. The molecule has 1 N–H and O–H groups in total. The van der Waals surface area contributed by atoms with Crippen molar-refractivity contribution in [3.63, 3.8) is 0 Å². The highest BCUT2D eigenvalue weighted by Crippen LogP contribution is 2.09. The summed E-state index contributed by atoms with van der Waals surface area (Å²) in [5, 5.41) is 2.96. The summed E-state index contributed by atoms with van der Waals surface area (Å²) in [5.74, 6) is 0.614. The topological polar surface area (TPSA) is 59.9 Å². The number of nitrogens with zero attached hydrogens (tertiary/aromatic N) is 3. The van der Waals surface area contributed by atoms with Crippen molar-refractivity contribution < 1.29 is 13.5 Å². The van der Waals surface area contributed by atoms with Crippen molar-refractivity contribution in [2.75, 3.05) is 25.1 Å². The Hall–Kier alpha value is -1.89. The highest BCUT2D eigenvalue weighted by molar-refractivity contribution is 5.71. The van der Waals surface area contributed by atoms with E-state index in [1.165, 1.54) is 0 Å². The molecule has 96 valence electrons. The Morgan fingerprint density at radius 3 is 2.89 bits per heavy atom. The number of aromatic nitrogens is 3. The van der Waals surface area contributed by atoms with Crippen LogP contribution in [0.2, 0.25) is 0 Å². The van der Waals surface area contributed by atoms with Crippen LogP contribution in [-0.4, -0.2) is 41.1 Å². The molecule has 7 heteroatoms. The Balaban J connectivity index is 1.84. The standard InChI is InChI=1S/C11H12F2N4O/c12-9(13)7-18-6-5-15-10-2-1-8-11(17-10)16-4-3-14-8/h1-4,9H,5-7H2,(H,15,16,17). The van der Waals surface area contributed by atoms with E-state index in [9.17, 15) is 8.78 Å². The molecule has 2 aromatic heterocycles. The van der Waals surface area contributed by atoms with E-state index >= 15 is 0 Å². The van der Waals surface area contributed by atoms with Crippen molar-refractivity contribution in [2.45, 2.75) is 6.43 Å². The van der Waals surface area contributed by atoms with Crippen molar-refractivity contribution in [3.8, 4) is 0 Å². The molecule has 0 aliphatic rings. The molecule has 0 aliphatic heterocycles. The number of rotatable bonds is 6. The van der Waals surface area contributed by atoms with E-state index in [0.29, 0.717) is 23.5 Å². The first-order valence-electron chi connectivity index (χ1n) is 5.43. The molecule has 18 heavy (non-hydrogen) atoms. The Morgan fingerprint density at radius 2 is 2.06 bits per heavy atom. The van der Waals surface area contributed by atoms with Crippen molar-refractivity contribution >= 4 is 17.0 Å². The molecule has 0 atom stereocenters. The highest BCUT2D eigenvalue weighted by Gasteiger charge is 2.02. The molecule has 0 aromatic carbocycles. The fraction of sp³-hybridized carbons (Fsp3) is 0.364. The Labute approximate surface area is 102 Å². The predicted molar refractivity (Wildman–Crippen MR) is 62.6 cm³/mol. The first kappa shape index (κ1) is 12.6. The van der Waals surface area contributed by atoms with Gasteiger partial charge < -0.3 is 10.1 Å².